The Morgan fingerprint density at radius 3 is 2.50 bits per heavy atom. The second kappa shape index (κ2) is 16.2. The number of benzene rings is 3. The number of nitrogens with one attached hydrogen (secondary N) is 1. The maximum atomic E-state index is 13.7. The van der Waals surface area contributed by atoms with Gasteiger partial charge >= 0.3 is 0 Å². The second-order valence-corrected chi connectivity index (χ2v) is 12.7. The van der Waals surface area contributed by atoms with Gasteiger partial charge in [0.2, 0.25) is 0 Å². The molecule has 1 unspecified atom stereocenters. The van der Waals surface area contributed by atoms with Gasteiger partial charge in [-0.15, -0.1) is 0 Å². The molecule has 0 aliphatic carbocycles. The molecule has 4 aromatic rings. The first-order valence-electron chi connectivity index (χ1n) is 17.1. The monoisotopic (exact) mass is 649 g/mol. The minimum absolute atomic E-state index is 0.0792. The molecule has 1 aromatic heterocycles. The van der Waals surface area contributed by atoms with E-state index < -0.39 is 0 Å². The number of amides is 1. The quantitative estimate of drug-likeness (QED) is 0.147. The molecular weight excluding hydrogens is 602 g/mol. The molecule has 252 valence electrons. The highest BCUT2D eigenvalue weighted by atomic mass is 16.7. The largest absolute Gasteiger partial charge is 0.472 e. The van der Waals surface area contributed by atoms with Crippen LogP contribution < -0.4 is 15.0 Å². The number of anilines is 2. The van der Waals surface area contributed by atoms with Crippen LogP contribution in [0.3, 0.4) is 0 Å². The molecule has 3 aromatic carbocycles. The van der Waals surface area contributed by atoms with Gasteiger partial charge in [-0.25, -0.2) is 0 Å². The fourth-order valence-corrected chi connectivity index (χ4v) is 6.40. The van der Waals surface area contributed by atoms with Gasteiger partial charge < -0.3 is 28.8 Å². The molecule has 8 heteroatoms. The Kier molecular flexibility index (Phi) is 11.3. The van der Waals surface area contributed by atoms with Gasteiger partial charge in [-0.3, -0.25) is 9.69 Å². The third-order valence-corrected chi connectivity index (χ3v) is 9.10. The first kappa shape index (κ1) is 33.5. The smallest absolute Gasteiger partial charge is 0.251 e. The predicted molar refractivity (Wildman–Crippen MR) is 191 cm³/mol. The summed E-state index contributed by atoms with van der Waals surface area (Å²) >= 11 is 0. The average molecular weight is 650 g/mol. The topological polar surface area (TPSA) is 76.4 Å². The summed E-state index contributed by atoms with van der Waals surface area (Å²) in [5.41, 5.74) is 8.09. The van der Waals surface area contributed by atoms with Gasteiger partial charge in [-0.1, -0.05) is 37.3 Å². The zero-order valence-electron chi connectivity index (χ0n) is 28.3. The van der Waals surface area contributed by atoms with E-state index in [0.29, 0.717) is 32.2 Å². The lowest BCUT2D eigenvalue weighted by molar-refractivity contribution is -0.112. The first-order valence-corrected chi connectivity index (χ1v) is 17.1. The molecule has 2 aliphatic rings. The van der Waals surface area contributed by atoms with E-state index >= 15 is 0 Å². The number of furan rings is 1. The average Bonchev–Trinajstić information content (AvgIpc) is 3.56. The highest BCUT2D eigenvalue weighted by Crippen LogP contribution is 2.34. The Hall–Kier alpha value is -4.37. The minimum atomic E-state index is -0.305. The summed E-state index contributed by atoms with van der Waals surface area (Å²) in [6, 6.07) is 25.3. The van der Waals surface area contributed by atoms with Gasteiger partial charge in [0.05, 0.1) is 19.1 Å². The van der Waals surface area contributed by atoms with Crippen LogP contribution in [0, 0.1) is 0 Å². The van der Waals surface area contributed by atoms with Gasteiger partial charge in [0.25, 0.3) is 5.91 Å². The van der Waals surface area contributed by atoms with Gasteiger partial charge in [-0.2, -0.15) is 0 Å². The molecule has 0 spiro atoms. The summed E-state index contributed by atoms with van der Waals surface area (Å²) in [5, 5.41) is 3.16. The van der Waals surface area contributed by atoms with Crippen molar-refractivity contribution in [2.75, 3.05) is 43.6 Å². The highest BCUT2D eigenvalue weighted by molar-refractivity contribution is 6.07. The van der Waals surface area contributed by atoms with Crippen LogP contribution in [0.1, 0.15) is 56.2 Å². The second-order valence-electron chi connectivity index (χ2n) is 12.7. The van der Waals surface area contributed by atoms with Crippen molar-refractivity contribution in [1.82, 2.24) is 4.90 Å². The van der Waals surface area contributed by atoms with Crippen LogP contribution in [0.4, 0.5) is 11.4 Å². The predicted octanol–water partition coefficient (Wildman–Crippen LogP) is 8.14. The van der Waals surface area contributed by atoms with Gasteiger partial charge in [0.15, 0.2) is 6.29 Å². The first-order chi connectivity index (χ1) is 23.4. The van der Waals surface area contributed by atoms with Crippen LogP contribution in [0.25, 0.3) is 17.2 Å². The van der Waals surface area contributed by atoms with Crippen molar-refractivity contribution in [2.24, 2.45) is 0 Å². The SMILES string of the molecule is CCCOC(C)Oc1ccc(-c2ccc3c(c2)C=C(C(=O)Nc2ccc(CN(C)C4CCOCC4)cc2)CCN3Cc2ccoc2)cc1. The summed E-state index contributed by atoms with van der Waals surface area (Å²) in [6.07, 6.45) is 8.93. The maximum absolute atomic E-state index is 13.7. The number of rotatable bonds is 13. The summed E-state index contributed by atoms with van der Waals surface area (Å²) < 4.78 is 22.5. The van der Waals surface area contributed by atoms with E-state index in [1.54, 1.807) is 12.5 Å². The van der Waals surface area contributed by atoms with E-state index in [4.69, 9.17) is 18.6 Å². The standard InChI is InChI=1S/C40H47N3O5/c1-4-20-47-29(2)48-38-12-7-32(8-13-38)33-9-14-39-35(24-33)25-34(15-19-43(39)27-31-16-21-46-28-31)40(44)41-36-10-5-30(6-11-36)26-42(3)37-17-22-45-23-18-37/h5-14,16,21,24-25,28-29,37H,4,15,17-20,22-23,26-27H2,1-3H3,(H,41,44). The molecule has 1 amide bonds. The molecule has 1 N–H and O–H groups in total. The van der Waals surface area contributed by atoms with Crippen LogP contribution in [0.5, 0.6) is 5.75 Å². The third kappa shape index (κ3) is 8.75. The molecule has 0 saturated carbocycles. The van der Waals surface area contributed by atoms with Gasteiger partial charge in [-0.05, 0) is 110 Å². The van der Waals surface area contributed by atoms with Gasteiger partial charge in [0, 0.05) is 61.4 Å². The molecule has 1 fully saturated rings. The molecule has 0 radical (unpaired) electrons. The molecular formula is C40H47N3O5. The van der Waals surface area contributed by atoms with Crippen LogP contribution >= 0.6 is 0 Å². The van der Waals surface area contributed by atoms with E-state index in [0.717, 1.165) is 84.0 Å². The van der Waals surface area contributed by atoms with E-state index in [1.165, 1.54) is 5.56 Å². The van der Waals surface area contributed by atoms with Crippen LogP contribution in [-0.2, 0) is 27.4 Å². The van der Waals surface area contributed by atoms with Crippen molar-refractivity contribution >= 4 is 23.4 Å². The Labute approximate surface area is 284 Å². The van der Waals surface area contributed by atoms with Crippen molar-refractivity contribution in [2.45, 2.75) is 65.0 Å². The molecule has 1 saturated heterocycles. The number of hydrogen-bond acceptors (Lipinski definition) is 7. The number of carbonyl (C=O) groups excluding carboxylic acids is 1. The normalized spacial score (nSPS) is 15.8. The fraction of sp³-hybridized carbons (Fsp3) is 0.375. The number of nitrogens with zero attached hydrogens (tertiary/aromatic N) is 2. The van der Waals surface area contributed by atoms with E-state index in [1.807, 2.05) is 43.3 Å². The molecule has 2 aliphatic heterocycles. The molecule has 3 heterocycles. The lowest BCUT2D eigenvalue weighted by Crippen LogP contribution is -2.36. The van der Waals surface area contributed by atoms with E-state index in [2.05, 4.69) is 71.6 Å². The summed E-state index contributed by atoms with van der Waals surface area (Å²) in [6.45, 7) is 8.60. The number of hydrogen-bond donors (Lipinski definition) is 1. The number of carbonyl (C=O) groups is 1. The summed E-state index contributed by atoms with van der Waals surface area (Å²) in [4.78, 5) is 18.4. The summed E-state index contributed by atoms with van der Waals surface area (Å²) in [7, 11) is 2.18. The Morgan fingerprint density at radius 2 is 1.77 bits per heavy atom. The molecule has 6 rings (SSSR count). The molecule has 8 nitrogen and oxygen atoms in total. The minimum Gasteiger partial charge on any atom is -0.472 e. The zero-order chi connectivity index (χ0) is 33.3. The van der Waals surface area contributed by atoms with Gasteiger partial charge in [0.1, 0.15) is 5.75 Å². The molecule has 1 atom stereocenters. The van der Waals surface area contributed by atoms with E-state index in [-0.39, 0.29) is 12.2 Å². The highest BCUT2D eigenvalue weighted by Gasteiger charge is 2.22. The number of ether oxygens (including phenoxy) is 3. The Bertz CT molecular complexity index is 1640. The molecule has 0 bridgehead atoms. The molecule has 48 heavy (non-hydrogen) atoms. The van der Waals surface area contributed by atoms with E-state index in [9.17, 15) is 4.79 Å². The third-order valence-electron chi connectivity index (χ3n) is 9.10. The van der Waals surface area contributed by atoms with Crippen molar-refractivity contribution in [1.29, 1.82) is 0 Å². The number of fused-ring (bicyclic) bond motifs is 1. The van der Waals surface area contributed by atoms with Crippen molar-refractivity contribution in [3.05, 3.63) is 108 Å². The fourth-order valence-electron chi connectivity index (χ4n) is 6.40. The van der Waals surface area contributed by atoms with Crippen LogP contribution in [0.15, 0.2) is 95.3 Å². The lowest BCUT2D eigenvalue weighted by atomic mass is 10.00. The lowest BCUT2D eigenvalue weighted by Gasteiger charge is -2.31. The maximum Gasteiger partial charge on any atom is 0.251 e. The summed E-state index contributed by atoms with van der Waals surface area (Å²) in [5.74, 6) is 0.686. The van der Waals surface area contributed by atoms with Crippen molar-refractivity contribution < 1.29 is 23.4 Å². The van der Waals surface area contributed by atoms with Crippen molar-refractivity contribution in [3.63, 3.8) is 0 Å². The zero-order valence-corrected chi connectivity index (χ0v) is 28.3. The van der Waals surface area contributed by atoms with Crippen LogP contribution in [0.2, 0.25) is 0 Å². The van der Waals surface area contributed by atoms with Crippen LogP contribution in [-0.4, -0.2) is 56.6 Å². The Morgan fingerprint density at radius 1 is 1.00 bits per heavy atom. The Balaban J connectivity index is 1.18. The van der Waals surface area contributed by atoms with Crippen molar-refractivity contribution in [3.8, 4) is 16.9 Å².